The molecule has 5 rings (SSSR count). The Balaban J connectivity index is 1.26. The number of ether oxygens (including phenoxy) is 6. The van der Waals surface area contributed by atoms with Crippen molar-refractivity contribution in [1.29, 1.82) is 0 Å². The van der Waals surface area contributed by atoms with Crippen LogP contribution in [0.15, 0.2) is 12.2 Å². The fraction of sp³-hybridized carbons (Fsp3) is 0.906. The molecule has 0 aromatic rings. The third kappa shape index (κ3) is 8.53. The standard InChI is InChI=1S/C32H51BrO7/c1-35-30(34)13-9-12-25(33)29-20-24-23(27(21-28(24)38-29)40-32-15-6-8-19-37-32)16-17-26(22-10-3-2-4-11-22)39-31-14-5-7-18-36-31/h16-17,22-29,31-32H,2-15,18-21H2,1H3/b17-16+/t23-,24-,25?,26-,27-,28-,29?,31?,32?/m1/s1. The van der Waals surface area contributed by atoms with Gasteiger partial charge in [0.05, 0.1) is 31.5 Å². The van der Waals surface area contributed by atoms with Crippen LogP contribution in [0.5, 0.6) is 0 Å². The van der Waals surface area contributed by atoms with Gasteiger partial charge in [0.2, 0.25) is 0 Å². The molecule has 3 heterocycles. The van der Waals surface area contributed by atoms with Crippen molar-refractivity contribution in [2.75, 3.05) is 20.3 Å². The Labute approximate surface area is 249 Å². The molecule has 8 heteroatoms. The monoisotopic (exact) mass is 626 g/mol. The number of alkyl halides is 1. The zero-order chi connectivity index (χ0) is 27.7. The predicted molar refractivity (Wildman–Crippen MR) is 156 cm³/mol. The lowest BCUT2D eigenvalue weighted by Crippen LogP contribution is -2.34. The fourth-order valence-corrected chi connectivity index (χ4v) is 8.16. The smallest absolute Gasteiger partial charge is 0.305 e. The maximum Gasteiger partial charge on any atom is 0.305 e. The van der Waals surface area contributed by atoms with Gasteiger partial charge in [-0.3, -0.25) is 4.79 Å². The largest absolute Gasteiger partial charge is 0.469 e. The molecule has 0 N–H and O–H groups in total. The number of hydrogen-bond acceptors (Lipinski definition) is 7. The minimum Gasteiger partial charge on any atom is -0.469 e. The molecule has 2 saturated carbocycles. The number of carbonyl (C=O) groups excluding carboxylic acids is 1. The average molecular weight is 628 g/mol. The normalized spacial score (nSPS) is 36.9. The van der Waals surface area contributed by atoms with Crippen LogP contribution in [0, 0.1) is 17.8 Å². The maximum atomic E-state index is 11.6. The number of carbonyl (C=O) groups is 1. The molecule has 0 radical (unpaired) electrons. The molecule has 228 valence electrons. The van der Waals surface area contributed by atoms with E-state index < -0.39 is 0 Å². The number of esters is 1. The lowest BCUT2D eigenvalue weighted by Gasteiger charge is -2.33. The highest BCUT2D eigenvalue weighted by atomic mass is 79.9. The number of methoxy groups -OCH3 is 1. The second-order valence-corrected chi connectivity index (χ2v) is 13.7. The van der Waals surface area contributed by atoms with Crippen molar-refractivity contribution >= 4 is 21.9 Å². The lowest BCUT2D eigenvalue weighted by atomic mass is 9.83. The lowest BCUT2D eigenvalue weighted by molar-refractivity contribution is -0.195. The van der Waals surface area contributed by atoms with Gasteiger partial charge in [0, 0.05) is 36.8 Å². The first-order valence-corrected chi connectivity index (χ1v) is 17.1. The van der Waals surface area contributed by atoms with E-state index in [0.29, 0.717) is 18.3 Å². The molecule has 5 aliphatic rings. The van der Waals surface area contributed by atoms with Crippen LogP contribution in [0.25, 0.3) is 0 Å². The molecule has 40 heavy (non-hydrogen) atoms. The van der Waals surface area contributed by atoms with E-state index in [4.69, 9.17) is 28.4 Å². The van der Waals surface area contributed by atoms with Crippen molar-refractivity contribution in [3.63, 3.8) is 0 Å². The minimum absolute atomic E-state index is 0.0809. The summed E-state index contributed by atoms with van der Waals surface area (Å²) in [6, 6.07) is 0. The van der Waals surface area contributed by atoms with Gasteiger partial charge in [-0.2, -0.15) is 0 Å². The van der Waals surface area contributed by atoms with Crippen LogP contribution in [0.3, 0.4) is 0 Å². The van der Waals surface area contributed by atoms with Gasteiger partial charge in [0.15, 0.2) is 12.6 Å². The molecule has 7 nitrogen and oxygen atoms in total. The molecular formula is C32H51BrO7. The Morgan fingerprint density at radius 3 is 2.38 bits per heavy atom. The van der Waals surface area contributed by atoms with E-state index >= 15 is 0 Å². The molecule has 4 unspecified atom stereocenters. The van der Waals surface area contributed by atoms with Gasteiger partial charge >= 0.3 is 5.97 Å². The van der Waals surface area contributed by atoms with E-state index in [1.54, 1.807) is 0 Å². The first-order valence-electron chi connectivity index (χ1n) is 16.2. The highest BCUT2D eigenvalue weighted by molar-refractivity contribution is 9.09. The molecule has 2 aliphatic carbocycles. The number of halogens is 1. The molecule has 3 aliphatic heterocycles. The zero-order valence-electron chi connectivity index (χ0n) is 24.4. The molecule has 5 fully saturated rings. The Hall–Kier alpha value is -0.510. The Kier molecular flexibility index (Phi) is 12.2. The summed E-state index contributed by atoms with van der Waals surface area (Å²) in [6.45, 7) is 1.60. The van der Waals surface area contributed by atoms with Crippen molar-refractivity contribution in [2.45, 2.75) is 145 Å². The molecule has 0 aromatic carbocycles. The van der Waals surface area contributed by atoms with Crippen molar-refractivity contribution in [1.82, 2.24) is 0 Å². The summed E-state index contributed by atoms with van der Waals surface area (Å²) in [6.07, 6.45) is 22.1. The molecule has 9 atom stereocenters. The van der Waals surface area contributed by atoms with Gasteiger partial charge in [-0.25, -0.2) is 0 Å². The van der Waals surface area contributed by atoms with Crippen molar-refractivity contribution < 1.29 is 33.2 Å². The van der Waals surface area contributed by atoms with Crippen LogP contribution < -0.4 is 0 Å². The van der Waals surface area contributed by atoms with E-state index in [2.05, 4.69) is 28.1 Å². The summed E-state index contributed by atoms with van der Waals surface area (Å²) in [4.78, 5) is 11.8. The van der Waals surface area contributed by atoms with Crippen molar-refractivity contribution in [3.05, 3.63) is 12.2 Å². The average Bonchev–Trinajstić information content (AvgIpc) is 3.54. The number of fused-ring (bicyclic) bond motifs is 1. The van der Waals surface area contributed by atoms with Crippen LogP contribution in [-0.2, 0) is 33.2 Å². The van der Waals surface area contributed by atoms with E-state index in [9.17, 15) is 4.79 Å². The number of rotatable bonds is 12. The second kappa shape index (κ2) is 15.8. The first kappa shape index (κ1) is 30.9. The molecular weight excluding hydrogens is 576 g/mol. The quantitative estimate of drug-likeness (QED) is 0.133. The van der Waals surface area contributed by atoms with Crippen LogP contribution in [0.2, 0.25) is 0 Å². The Morgan fingerprint density at radius 2 is 1.68 bits per heavy atom. The predicted octanol–water partition coefficient (Wildman–Crippen LogP) is 6.85. The van der Waals surface area contributed by atoms with Gasteiger partial charge in [-0.1, -0.05) is 47.3 Å². The summed E-state index contributed by atoms with van der Waals surface area (Å²) in [7, 11) is 1.45. The fourth-order valence-electron chi connectivity index (χ4n) is 7.49. The topological polar surface area (TPSA) is 72.5 Å². The van der Waals surface area contributed by atoms with Gasteiger partial charge in [0.25, 0.3) is 0 Å². The van der Waals surface area contributed by atoms with Crippen LogP contribution >= 0.6 is 15.9 Å². The van der Waals surface area contributed by atoms with Gasteiger partial charge in [-0.05, 0) is 82.5 Å². The van der Waals surface area contributed by atoms with Gasteiger partial charge in [-0.15, -0.1) is 0 Å². The summed E-state index contributed by atoms with van der Waals surface area (Å²) >= 11 is 3.89. The Morgan fingerprint density at radius 1 is 0.950 bits per heavy atom. The molecule has 0 aromatic heterocycles. The third-order valence-electron chi connectivity index (χ3n) is 9.76. The second-order valence-electron chi connectivity index (χ2n) is 12.6. The van der Waals surface area contributed by atoms with E-state index in [1.807, 2.05) is 0 Å². The van der Waals surface area contributed by atoms with Crippen LogP contribution in [-0.4, -0.2) is 68.1 Å². The summed E-state index contributed by atoms with van der Waals surface area (Å²) in [5.41, 5.74) is 0. The van der Waals surface area contributed by atoms with Crippen LogP contribution in [0.4, 0.5) is 0 Å². The zero-order valence-corrected chi connectivity index (χ0v) is 26.0. The molecule has 0 spiro atoms. The molecule has 0 amide bonds. The van der Waals surface area contributed by atoms with Gasteiger partial charge in [0.1, 0.15) is 0 Å². The summed E-state index contributed by atoms with van der Waals surface area (Å²) in [5, 5.41) is 0. The highest BCUT2D eigenvalue weighted by Gasteiger charge is 2.51. The maximum absolute atomic E-state index is 11.6. The van der Waals surface area contributed by atoms with Gasteiger partial charge < -0.3 is 28.4 Å². The first-order chi connectivity index (χ1) is 19.6. The Bertz CT molecular complexity index is 790. The van der Waals surface area contributed by atoms with Crippen molar-refractivity contribution in [2.24, 2.45) is 17.8 Å². The summed E-state index contributed by atoms with van der Waals surface area (Å²) < 4.78 is 36.8. The molecule has 0 bridgehead atoms. The highest BCUT2D eigenvalue weighted by Crippen LogP contribution is 2.48. The number of hydrogen-bond donors (Lipinski definition) is 0. The minimum atomic E-state index is -0.146. The van der Waals surface area contributed by atoms with E-state index in [-0.39, 0.29) is 53.7 Å². The SMILES string of the molecule is COC(=O)CCCC(Br)C1C[C@@H]2[C@@H](/C=C/[C@@H](OC3CCCCO3)C3CCCCC3)[C@H](OC3CCCCO3)C[C@H]2O1. The van der Waals surface area contributed by atoms with E-state index in [0.717, 1.165) is 64.6 Å². The third-order valence-corrected chi connectivity index (χ3v) is 10.8. The van der Waals surface area contributed by atoms with Crippen molar-refractivity contribution in [3.8, 4) is 0 Å². The van der Waals surface area contributed by atoms with E-state index in [1.165, 1.54) is 52.1 Å². The van der Waals surface area contributed by atoms with Crippen LogP contribution in [0.1, 0.15) is 103 Å². The molecule has 3 saturated heterocycles. The summed E-state index contributed by atoms with van der Waals surface area (Å²) in [5.74, 6) is 1.10.